The van der Waals surface area contributed by atoms with Gasteiger partial charge in [-0.1, -0.05) is 20.3 Å². The van der Waals surface area contributed by atoms with Crippen molar-refractivity contribution in [1.29, 1.82) is 0 Å². The summed E-state index contributed by atoms with van der Waals surface area (Å²) in [4.78, 5) is 4.81. The van der Waals surface area contributed by atoms with Gasteiger partial charge in [0.15, 0.2) is 0 Å². The molecule has 102 valence electrons. The van der Waals surface area contributed by atoms with E-state index in [1.807, 2.05) is 11.3 Å². The van der Waals surface area contributed by atoms with E-state index in [1.54, 1.807) is 0 Å². The average Bonchev–Trinajstić information content (AvgIpc) is 2.88. The van der Waals surface area contributed by atoms with Crippen LogP contribution in [0.25, 0.3) is 0 Å². The fraction of sp³-hybridized carbons (Fsp3) is 0.800. The summed E-state index contributed by atoms with van der Waals surface area (Å²) < 4.78 is 0. The van der Waals surface area contributed by atoms with Crippen molar-refractivity contribution in [3.63, 3.8) is 0 Å². The van der Waals surface area contributed by atoms with Crippen LogP contribution in [-0.2, 0) is 6.54 Å². The molecule has 0 atom stereocenters. The molecule has 18 heavy (non-hydrogen) atoms. The molecule has 1 aromatic rings. The summed E-state index contributed by atoms with van der Waals surface area (Å²) >= 11 is 1.87. The van der Waals surface area contributed by atoms with Crippen LogP contribution in [0.5, 0.6) is 0 Å². The number of aromatic nitrogens is 1. The Morgan fingerprint density at radius 3 is 2.72 bits per heavy atom. The molecule has 0 radical (unpaired) electrons. The van der Waals surface area contributed by atoms with Crippen molar-refractivity contribution >= 4 is 11.3 Å². The highest BCUT2D eigenvalue weighted by atomic mass is 32.1. The largest absolute Gasteiger partial charge is 0.311 e. The van der Waals surface area contributed by atoms with E-state index in [-0.39, 0.29) is 0 Å². The molecule has 1 aliphatic carbocycles. The van der Waals surface area contributed by atoms with Crippen LogP contribution in [0.15, 0.2) is 5.38 Å². The Morgan fingerprint density at radius 2 is 2.06 bits per heavy atom. The summed E-state index contributed by atoms with van der Waals surface area (Å²) in [7, 11) is 0. The van der Waals surface area contributed by atoms with E-state index >= 15 is 0 Å². The first kappa shape index (κ1) is 14.0. The molecule has 1 fully saturated rings. The monoisotopic (exact) mass is 266 g/mol. The molecule has 1 aromatic heterocycles. The maximum Gasteiger partial charge on any atom is 0.0959 e. The van der Waals surface area contributed by atoms with E-state index in [0.29, 0.717) is 0 Å². The van der Waals surface area contributed by atoms with Crippen LogP contribution in [0, 0.1) is 5.92 Å². The minimum absolute atomic E-state index is 0.748. The van der Waals surface area contributed by atoms with Gasteiger partial charge in [-0.05, 0) is 44.6 Å². The molecule has 2 rings (SSSR count). The molecule has 1 N–H and O–H groups in total. The SMILES string of the molecule is CCCNCc1csc(C2CCC(CC)CC2)n1. The molecular formula is C15H26N2S. The van der Waals surface area contributed by atoms with Gasteiger partial charge in [-0.2, -0.15) is 0 Å². The molecule has 0 aromatic carbocycles. The zero-order valence-corrected chi connectivity index (χ0v) is 12.6. The Bertz CT molecular complexity index is 340. The van der Waals surface area contributed by atoms with E-state index < -0.39 is 0 Å². The average molecular weight is 266 g/mol. The smallest absolute Gasteiger partial charge is 0.0959 e. The molecule has 1 heterocycles. The first-order valence-electron chi connectivity index (χ1n) is 7.48. The van der Waals surface area contributed by atoms with Crippen LogP contribution in [0.4, 0.5) is 0 Å². The number of hydrogen-bond acceptors (Lipinski definition) is 3. The third-order valence-electron chi connectivity index (χ3n) is 4.08. The standard InChI is InChI=1S/C15H26N2S/c1-3-9-16-10-14-11-18-15(17-14)13-7-5-12(4-2)6-8-13/h11-13,16H,3-10H2,1-2H3. The Balaban J connectivity index is 1.82. The van der Waals surface area contributed by atoms with Crippen molar-refractivity contribution in [1.82, 2.24) is 10.3 Å². The van der Waals surface area contributed by atoms with Crippen LogP contribution < -0.4 is 5.32 Å². The highest BCUT2D eigenvalue weighted by Gasteiger charge is 2.23. The lowest BCUT2D eigenvalue weighted by Gasteiger charge is -2.26. The molecule has 0 bridgehead atoms. The Hall–Kier alpha value is -0.410. The second-order valence-corrected chi connectivity index (χ2v) is 6.37. The first-order chi connectivity index (χ1) is 8.83. The third kappa shape index (κ3) is 3.79. The maximum atomic E-state index is 4.81. The van der Waals surface area contributed by atoms with E-state index in [2.05, 4.69) is 24.5 Å². The fourth-order valence-electron chi connectivity index (χ4n) is 2.80. The lowest BCUT2D eigenvalue weighted by molar-refractivity contribution is 0.318. The van der Waals surface area contributed by atoms with Crippen molar-refractivity contribution in [2.75, 3.05) is 6.54 Å². The van der Waals surface area contributed by atoms with Gasteiger partial charge >= 0.3 is 0 Å². The van der Waals surface area contributed by atoms with Gasteiger partial charge < -0.3 is 5.32 Å². The number of nitrogens with zero attached hydrogens (tertiary/aromatic N) is 1. The molecular weight excluding hydrogens is 240 g/mol. The van der Waals surface area contributed by atoms with Gasteiger partial charge in [0.05, 0.1) is 10.7 Å². The Labute approximate surface area is 115 Å². The van der Waals surface area contributed by atoms with Crippen LogP contribution in [0.3, 0.4) is 0 Å². The maximum absolute atomic E-state index is 4.81. The molecule has 0 spiro atoms. The number of hydrogen-bond donors (Lipinski definition) is 1. The summed E-state index contributed by atoms with van der Waals surface area (Å²) in [5.41, 5.74) is 1.24. The van der Waals surface area contributed by atoms with Gasteiger partial charge in [-0.15, -0.1) is 11.3 Å². The number of thiazole rings is 1. The van der Waals surface area contributed by atoms with Crippen molar-refractivity contribution in [2.45, 2.75) is 64.8 Å². The molecule has 0 amide bonds. The van der Waals surface area contributed by atoms with Crippen molar-refractivity contribution < 1.29 is 0 Å². The number of rotatable bonds is 6. The van der Waals surface area contributed by atoms with Crippen LogP contribution in [-0.4, -0.2) is 11.5 Å². The summed E-state index contributed by atoms with van der Waals surface area (Å²) in [6, 6.07) is 0. The Kier molecular flexibility index (Phi) is 5.64. The van der Waals surface area contributed by atoms with Gasteiger partial charge in [0.25, 0.3) is 0 Å². The van der Waals surface area contributed by atoms with Gasteiger partial charge in [0, 0.05) is 17.8 Å². The van der Waals surface area contributed by atoms with Crippen LogP contribution in [0.1, 0.15) is 69.0 Å². The van der Waals surface area contributed by atoms with Gasteiger partial charge in [0.1, 0.15) is 0 Å². The fourth-order valence-corrected chi connectivity index (χ4v) is 3.79. The van der Waals surface area contributed by atoms with Crippen molar-refractivity contribution in [3.05, 3.63) is 16.1 Å². The lowest BCUT2D eigenvalue weighted by atomic mass is 9.81. The minimum atomic E-state index is 0.748. The summed E-state index contributed by atoms with van der Waals surface area (Å²) in [6.45, 7) is 6.56. The highest BCUT2D eigenvalue weighted by Crippen LogP contribution is 2.37. The first-order valence-corrected chi connectivity index (χ1v) is 8.36. The van der Waals surface area contributed by atoms with Crippen molar-refractivity contribution in [3.8, 4) is 0 Å². The molecule has 1 saturated carbocycles. The molecule has 0 unspecified atom stereocenters. The lowest BCUT2D eigenvalue weighted by Crippen LogP contribution is -2.15. The predicted octanol–water partition coefficient (Wildman–Crippen LogP) is 4.33. The summed E-state index contributed by atoms with van der Waals surface area (Å²) in [5.74, 6) is 1.73. The van der Waals surface area contributed by atoms with Crippen LogP contribution in [0.2, 0.25) is 0 Å². The highest BCUT2D eigenvalue weighted by molar-refractivity contribution is 7.09. The molecule has 0 saturated heterocycles. The second kappa shape index (κ2) is 7.25. The zero-order chi connectivity index (χ0) is 12.8. The van der Waals surface area contributed by atoms with E-state index in [1.165, 1.54) is 49.2 Å². The van der Waals surface area contributed by atoms with Crippen molar-refractivity contribution in [2.24, 2.45) is 5.92 Å². The summed E-state index contributed by atoms with van der Waals surface area (Å²) in [5, 5.41) is 7.05. The molecule has 2 nitrogen and oxygen atoms in total. The van der Waals surface area contributed by atoms with Crippen LogP contribution >= 0.6 is 11.3 Å². The molecule has 0 aliphatic heterocycles. The predicted molar refractivity (Wildman–Crippen MR) is 79.1 cm³/mol. The van der Waals surface area contributed by atoms with Gasteiger partial charge in [-0.3, -0.25) is 0 Å². The summed E-state index contributed by atoms with van der Waals surface area (Å²) in [6.07, 6.45) is 8.07. The van der Waals surface area contributed by atoms with Gasteiger partial charge in [-0.25, -0.2) is 4.98 Å². The topological polar surface area (TPSA) is 24.9 Å². The number of nitrogens with one attached hydrogen (secondary N) is 1. The zero-order valence-electron chi connectivity index (χ0n) is 11.7. The normalized spacial score (nSPS) is 24.3. The Morgan fingerprint density at radius 1 is 1.28 bits per heavy atom. The van der Waals surface area contributed by atoms with Gasteiger partial charge in [0.2, 0.25) is 0 Å². The second-order valence-electron chi connectivity index (χ2n) is 5.48. The minimum Gasteiger partial charge on any atom is -0.311 e. The third-order valence-corrected chi connectivity index (χ3v) is 5.13. The van der Waals surface area contributed by atoms with E-state index in [4.69, 9.17) is 4.98 Å². The van der Waals surface area contributed by atoms with E-state index in [9.17, 15) is 0 Å². The molecule has 1 aliphatic rings. The quantitative estimate of drug-likeness (QED) is 0.775. The van der Waals surface area contributed by atoms with E-state index in [0.717, 1.165) is 24.9 Å². The molecule has 3 heteroatoms.